The lowest BCUT2D eigenvalue weighted by molar-refractivity contribution is -0.136. The van der Waals surface area contributed by atoms with Crippen LogP contribution < -0.4 is 30.6 Å². The van der Waals surface area contributed by atoms with Gasteiger partial charge in [0.25, 0.3) is 17.4 Å². The molecule has 4 fully saturated rings. The fourth-order valence-corrected chi connectivity index (χ4v) is 11.0. The molecule has 3 saturated heterocycles. The summed E-state index contributed by atoms with van der Waals surface area (Å²) in [5, 5.41) is 5.59. The van der Waals surface area contributed by atoms with Gasteiger partial charge in [-0.3, -0.25) is 39.1 Å². The maximum Gasteiger partial charge on any atom is 0.317 e. The molecule has 2 aromatic carbocycles. The molecule has 1 saturated carbocycles. The van der Waals surface area contributed by atoms with Gasteiger partial charge >= 0.3 is 6.03 Å². The number of nitrogens with zero attached hydrogens (tertiary/aromatic N) is 7. The van der Waals surface area contributed by atoms with Crippen molar-refractivity contribution in [2.45, 2.75) is 63.7 Å². The van der Waals surface area contributed by atoms with Gasteiger partial charge in [0, 0.05) is 94.9 Å². The van der Waals surface area contributed by atoms with Crippen molar-refractivity contribution in [3.8, 4) is 22.6 Å². The van der Waals surface area contributed by atoms with Crippen LogP contribution in [0.5, 0.6) is 11.5 Å². The molecule has 6 heterocycles. The number of likely N-dealkylation sites (tertiary alicyclic amines) is 1. The van der Waals surface area contributed by atoms with E-state index in [0.29, 0.717) is 48.0 Å². The Hall–Kier alpha value is -5.78. The van der Waals surface area contributed by atoms with Gasteiger partial charge in [-0.2, -0.15) is 0 Å². The molecule has 65 heavy (non-hydrogen) atoms. The van der Waals surface area contributed by atoms with Crippen LogP contribution >= 0.6 is 0 Å². The maximum absolute atomic E-state index is 13.7. The number of rotatable bonds is 13. The van der Waals surface area contributed by atoms with Gasteiger partial charge in [-0.25, -0.2) is 4.79 Å². The molecular formula is C48H61N9O8. The second kappa shape index (κ2) is 18.2. The molecule has 2 N–H and O–H groups in total. The molecule has 0 spiro atoms. The lowest BCUT2D eigenvalue weighted by atomic mass is 9.71. The highest BCUT2D eigenvalue weighted by Gasteiger charge is 2.48. The van der Waals surface area contributed by atoms with Gasteiger partial charge in [-0.1, -0.05) is 0 Å². The van der Waals surface area contributed by atoms with Crippen LogP contribution in [0.3, 0.4) is 0 Å². The fourth-order valence-electron chi connectivity index (χ4n) is 11.0. The average Bonchev–Trinajstić information content (AvgIpc) is 3.75. The van der Waals surface area contributed by atoms with Crippen LogP contribution in [0, 0.1) is 11.8 Å². The van der Waals surface area contributed by atoms with Crippen molar-refractivity contribution >= 4 is 35.3 Å². The Morgan fingerprint density at radius 3 is 2.23 bits per heavy atom. The molecule has 17 nitrogen and oxygen atoms in total. The number of imide groups is 2. The summed E-state index contributed by atoms with van der Waals surface area (Å²) in [5.41, 5.74) is 5.83. The number of unbranched alkanes of at least 4 members (excludes halogenated alkanes) is 1. The topological polar surface area (TPSA) is 169 Å². The number of amides is 6. The first-order valence-electron chi connectivity index (χ1n) is 23.0. The molecule has 1 aromatic heterocycles. The van der Waals surface area contributed by atoms with Crippen molar-refractivity contribution in [3.05, 3.63) is 74.7 Å². The Kier molecular flexibility index (Phi) is 12.5. The standard InChI is InChI=1S/C48H61N9O8/c1-51(2)25-38-41(64-4)21-29(22-42(38)65-5)35-26-52(3)45(60)37-28-56(15-12-32(35)37)48(63)49-39-20-30-24-54(27-36(30)39)14-7-6-13-53-16-18-55(19-17-53)31-8-9-33-34(23-31)47(62)57(46(33)61)40-10-11-43(58)50-44(40)59/h8-9,21-23,26,30,36,39-40H,6-7,10-20,24-25,27-28H2,1-5H3,(H,49,63)(H,50,58,59)/t30-,36+,39?,40?/m1/s1. The molecule has 2 unspecified atom stereocenters. The minimum atomic E-state index is -0.974. The van der Waals surface area contributed by atoms with E-state index in [-0.39, 0.29) is 37.0 Å². The Morgan fingerprint density at radius 1 is 0.831 bits per heavy atom. The molecule has 9 rings (SSSR count). The lowest BCUT2D eigenvalue weighted by Crippen LogP contribution is -2.56. The van der Waals surface area contributed by atoms with Gasteiger partial charge in [0.15, 0.2) is 0 Å². The molecule has 6 amide bonds. The van der Waals surface area contributed by atoms with Crippen LogP contribution in [0.1, 0.15) is 69.5 Å². The number of methoxy groups -OCH3 is 2. The largest absolute Gasteiger partial charge is 0.496 e. The van der Waals surface area contributed by atoms with Crippen molar-refractivity contribution < 1.29 is 33.4 Å². The fraction of sp³-hybridized carbons (Fsp3) is 0.542. The van der Waals surface area contributed by atoms with E-state index in [1.807, 2.05) is 38.5 Å². The first kappa shape index (κ1) is 44.4. The molecule has 1 aliphatic carbocycles. The normalized spacial score (nSPS) is 23.3. The summed E-state index contributed by atoms with van der Waals surface area (Å²) < 4.78 is 13.2. The number of aromatic nitrogens is 1. The number of pyridine rings is 1. The van der Waals surface area contributed by atoms with Crippen LogP contribution in [0.25, 0.3) is 11.1 Å². The number of anilines is 1. The van der Waals surface area contributed by atoms with E-state index in [1.165, 1.54) is 0 Å². The van der Waals surface area contributed by atoms with Crippen molar-refractivity contribution in [3.63, 3.8) is 0 Å². The van der Waals surface area contributed by atoms with E-state index >= 15 is 0 Å². The van der Waals surface area contributed by atoms with Gasteiger partial charge in [-0.05, 0) is 113 Å². The van der Waals surface area contributed by atoms with E-state index in [0.717, 1.165) is 116 Å². The summed E-state index contributed by atoms with van der Waals surface area (Å²) >= 11 is 0. The molecule has 3 aromatic rings. The monoisotopic (exact) mass is 891 g/mol. The van der Waals surface area contributed by atoms with Crippen LogP contribution in [-0.4, -0.2) is 158 Å². The summed E-state index contributed by atoms with van der Waals surface area (Å²) in [6.45, 7) is 8.96. The van der Waals surface area contributed by atoms with Crippen molar-refractivity contribution in [1.29, 1.82) is 0 Å². The van der Waals surface area contributed by atoms with E-state index in [2.05, 4.69) is 30.2 Å². The first-order chi connectivity index (χ1) is 31.3. The van der Waals surface area contributed by atoms with Crippen molar-refractivity contribution in [2.75, 3.05) is 92.1 Å². The summed E-state index contributed by atoms with van der Waals surface area (Å²) in [4.78, 5) is 90.0. The number of nitrogens with one attached hydrogen (secondary N) is 2. The van der Waals surface area contributed by atoms with Crippen molar-refractivity contribution in [2.24, 2.45) is 18.9 Å². The number of urea groups is 1. The summed E-state index contributed by atoms with van der Waals surface area (Å²) in [6, 6.07) is 8.42. The summed E-state index contributed by atoms with van der Waals surface area (Å²) in [6.07, 6.45) is 5.87. The van der Waals surface area contributed by atoms with Gasteiger partial charge < -0.3 is 39.0 Å². The van der Waals surface area contributed by atoms with Gasteiger partial charge in [0.2, 0.25) is 11.8 Å². The molecule has 4 atom stereocenters. The number of carbonyl (C=O) groups is 5. The minimum absolute atomic E-state index is 0.0852. The zero-order chi connectivity index (χ0) is 45.7. The number of hydrogen-bond acceptors (Lipinski definition) is 12. The number of benzene rings is 2. The third-order valence-electron chi connectivity index (χ3n) is 14.6. The molecule has 6 aliphatic rings. The number of aryl methyl sites for hydroxylation is 1. The molecule has 0 bridgehead atoms. The Labute approximate surface area is 379 Å². The van der Waals surface area contributed by atoms with Crippen LogP contribution in [0.2, 0.25) is 0 Å². The second-order valence-corrected chi connectivity index (χ2v) is 18.9. The van der Waals surface area contributed by atoms with Crippen LogP contribution in [0.15, 0.2) is 41.3 Å². The van der Waals surface area contributed by atoms with Crippen molar-refractivity contribution in [1.82, 2.24) is 39.7 Å². The molecule has 5 aliphatic heterocycles. The number of carbonyl (C=O) groups excluding carboxylic acids is 5. The zero-order valence-electron chi connectivity index (χ0n) is 38.2. The van der Waals surface area contributed by atoms with E-state index < -0.39 is 29.7 Å². The number of ether oxygens (including phenoxy) is 2. The predicted molar refractivity (Wildman–Crippen MR) is 243 cm³/mol. The Morgan fingerprint density at radius 2 is 1.54 bits per heavy atom. The number of fused-ring (bicyclic) bond motifs is 3. The van der Waals surface area contributed by atoms with E-state index in [1.54, 1.807) is 42.9 Å². The number of piperidine rings is 1. The number of piperazine rings is 1. The van der Waals surface area contributed by atoms with E-state index in [9.17, 15) is 28.8 Å². The van der Waals surface area contributed by atoms with Gasteiger partial charge in [0.05, 0.1) is 37.5 Å². The third-order valence-corrected chi connectivity index (χ3v) is 14.6. The second-order valence-electron chi connectivity index (χ2n) is 18.9. The highest BCUT2D eigenvalue weighted by Crippen LogP contribution is 2.42. The predicted octanol–water partition coefficient (Wildman–Crippen LogP) is 2.52. The van der Waals surface area contributed by atoms with Crippen LogP contribution in [0.4, 0.5) is 10.5 Å². The first-order valence-corrected chi connectivity index (χ1v) is 23.0. The molecular weight excluding hydrogens is 831 g/mol. The molecule has 0 radical (unpaired) electrons. The lowest BCUT2D eigenvalue weighted by Gasteiger charge is -2.41. The smallest absolute Gasteiger partial charge is 0.317 e. The van der Waals surface area contributed by atoms with Crippen LogP contribution in [-0.2, 0) is 36.1 Å². The number of hydrogen-bond donors (Lipinski definition) is 2. The summed E-state index contributed by atoms with van der Waals surface area (Å²) in [5.74, 6) is 0.513. The average molecular weight is 892 g/mol. The molecule has 17 heteroatoms. The van der Waals surface area contributed by atoms with E-state index in [4.69, 9.17) is 9.47 Å². The summed E-state index contributed by atoms with van der Waals surface area (Å²) in [7, 11) is 9.08. The highest BCUT2D eigenvalue weighted by molar-refractivity contribution is 6.23. The maximum atomic E-state index is 13.7. The molecule has 346 valence electrons. The van der Waals surface area contributed by atoms with Gasteiger partial charge in [0.1, 0.15) is 17.5 Å². The Balaban J connectivity index is 0.721. The minimum Gasteiger partial charge on any atom is -0.496 e. The quantitative estimate of drug-likeness (QED) is 0.191. The Bertz CT molecular complexity index is 2440. The zero-order valence-corrected chi connectivity index (χ0v) is 38.2. The SMILES string of the molecule is COc1cc(-c2cn(C)c(=O)c3c2CCN(C(=O)NC2C[C@@H]4CN(CCCCN5CCN(c6ccc7c(c6)C(=O)N(C6CCC(=O)NC6=O)C7=O)CC5)C[C@H]24)C3)cc(OC)c1CN(C)C. The third kappa shape index (κ3) is 8.61. The van der Waals surface area contributed by atoms with Gasteiger partial charge in [-0.15, -0.1) is 0 Å². The highest BCUT2D eigenvalue weighted by atomic mass is 16.5.